The number of hydrogen-bond donors (Lipinski definition) is 0. The van der Waals surface area contributed by atoms with Crippen molar-refractivity contribution in [1.82, 2.24) is 0 Å². The molecule has 0 saturated carbocycles. The van der Waals surface area contributed by atoms with Crippen LogP contribution in [0.5, 0.6) is 34.5 Å². The quantitative estimate of drug-likeness (QED) is 0.0280. The molecule has 7 aromatic rings. The minimum atomic E-state index is 0.582. The number of rotatable bonds is 48. The van der Waals surface area contributed by atoms with Crippen LogP contribution in [0.4, 0.5) is 0 Å². The van der Waals surface area contributed by atoms with E-state index in [1.807, 2.05) is 146 Å². The molecule has 0 heterocycles. The Bertz CT molecular complexity index is 3310. The molecule has 0 atom stereocenters. The molecule has 0 unspecified atom stereocenters. The van der Waals surface area contributed by atoms with Gasteiger partial charge in [0.1, 0.15) is 34.5 Å². The molecular weight excluding hydrogens is 1320 g/mol. The van der Waals surface area contributed by atoms with Crippen LogP contribution in [0.25, 0.3) is 0 Å². The number of hydrogen-bond acceptors (Lipinski definition) is 6. The summed E-state index contributed by atoms with van der Waals surface area (Å²) in [5.41, 5.74) is 8.29. The molecule has 570 valence electrons. The van der Waals surface area contributed by atoms with Crippen LogP contribution in [0.15, 0.2) is 146 Å². The van der Waals surface area contributed by atoms with Crippen molar-refractivity contribution >= 4 is 0 Å². The zero-order valence-electron chi connectivity index (χ0n) is 67.0. The molecule has 0 radical (unpaired) electrons. The fraction of sp³-hybridized carbons (Fsp3) is 0.471. The summed E-state index contributed by atoms with van der Waals surface area (Å²) in [6, 6.07) is 48.5. The molecule has 7 rings (SSSR count). The SMILES string of the molecule is CCCCCCCCOc1ccc(C#Cc2c(C#Cc3ccc(OCCCCCCCC)cc3)c(C#Cc3ccc(OCCCCCCCC)cc3)c(C#Cc3ccc(OCCCCCCCC)cc3)c(C#Cc3ccc(OCCCCCCCC)cc3)c2C#Cc2ccc(OCCCCCCCC)cc2)cc1. The predicted molar refractivity (Wildman–Crippen MR) is 454 cm³/mol. The van der Waals surface area contributed by atoms with Crippen LogP contribution in [0.2, 0.25) is 0 Å². The van der Waals surface area contributed by atoms with Gasteiger partial charge in [0.25, 0.3) is 0 Å². The number of benzene rings is 7. The second-order valence-electron chi connectivity index (χ2n) is 28.6. The lowest BCUT2D eigenvalue weighted by Crippen LogP contribution is -2.05. The summed E-state index contributed by atoms with van der Waals surface area (Å²) >= 11 is 0. The Morgan fingerprint density at radius 2 is 0.269 bits per heavy atom. The Morgan fingerprint density at radius 3 is 0.398 bits per heavy atom. The van der Waals surface area contributed by atoms with Crippen molar-refractivity contribution in [2.24, 2.45) is 0 Å². The van der Waals surface area contributed by atoms with Crippen LogP contribution in [-0.4, -0.2) is 39.6 Å². The van der Waals surface area contributed by atoms with Crippen LogP contribution in [0.3, 0.4) is 0 Å². The van der Waals surface area contributed by atoms with E-state index < -0.39 is 0 Å². The van der Waals surface area contributed by atoms with Crippen molar-refractivity contribution in [3.05, 3.63) is 212 Å². The Morgan fingerprint density at radius 1 is 0.148 bits per heavy atom. The topological polar surface area (TPSA) is 55.4 Å². The lowest BCUT2D eigenvalue weighted by Gasteiger charge is -2.13. The average molecular weight is 1450 g/mol. The third-order valence-electron chi connectivity index (χ3n) is 19.2. The first-order valence-corrected chi connectivity index (χ1v) is 42.1. The van der Waals surface area contributed by atoms with Gasteiger partial charge in [-0.25, -0.2) is 0 Å². The molecule has 0 amide bonds. The van der Waals surface area contributed by atoms with Gasteiger partial charge in [-0.1, -0.05) is 305 Å². The maximum absolute atomic E-state index is 6.30. The standard InChI is InChI=1S/C102H126O6/c1-7-13-19-25-31-37-79-103-91-61-43-85(44-62-91)55-73-97-98(74-56-86-45-63-92(64-46-86)104-80-38-32-26-20-14-8-2)100(76-58-88-49-67-94(68-50-88)106-82-40-34-28-22-16-10-4)102(78-60-90-53-71-96(72-54-90)108-84-42-36-30-24-18-12-6)101(77-59-89-51-69-95(70-52-89)107-83-41-35-29-23-17-11-5)99(97)75-57-87-47-65-93(66-48-87)105-81-39-33-27-21-15-9-3/h43-54,61-72H,7-42,79-84H2,1-6H3. The molecule has 0 aromatic heterocycles. The van der Waals surface area contributed by atoms with Crippen molar-refractivity contribution < 1.29 is 28.4 Å². The maximum atomic E-state index is 6.30. The molecule has 0 bridgehead atoms. The van der Waals surface area contributed by atoms with E-state index in [-0.39, 0.29) is 0 Å². The molecule has 6 nitrogen and oxygen atoms in total. The number of ether oxygens (including phenoxy) is 6. The molecule has 0 fully saturated rings. The zero-order valence-corrected chi connectivity index (χ0v) is 67.0. The van der Waals surface area contributed by atoms with Gasteiger partial charge < -0.3 is 28.4 Å². The highest BCUT2D eigenvalue weighted by atomic mass is 16.5. The van der Waals surface area contributed by atoms with Gasteiger partial charge >= 0.3 is 0 Å². The van der Waals surface area contributed by atoms with Crippen LogP contribution in [-0.2, 0) is 0 Å². The van der Waals surface area contributed by atoms with Crippen molar-refractivity contribution in [1.29, 1.82) is 0 Å². The van der Waals surface area contributed by atoms with Gasteiger partial charge in [-0.2, -0.15) is 0 Å². The molecule has 0 aliphatic heterocycles. The second-order valence-corrected chi connectivity index (χ2v) is 28.6. The highest BCUT2D eigenvalue weighted by Gasteiger charge is 2.21. The highest BCUT2D eigenvalue weighted by molar-refractivity contribution is 5.79. The lowest BCUT2D eigenvalue weighted by molar-refractivity contribution is 0.304. The second kappa shape index (κ2) is 55.2. The van der Waals surface area contributed by atoms with E-state index in [0.29, 0.717) is 73.0 Å². The zero-order chi connectivity index (χ0) is 75.8. The smallest absolute Gasteiger partial charge is 0.119 e. The molecular formula is C102H126O6. The summed E-state index contributed by atoms with van der Waals surface area (Å²) in [7, 11) is 0. The summed E-state index contributed by atoms with van der Waals surface area (Å²) < 4.78 is 37.8. The Kier molecular flexibility index (Phi) is 43.9. The van der Waals surface area contributed by atoms with Gasteiger partial charge in [0.2, 0.25) is 0 Å². The Labute approximate surface area is 654 Å². The van der Waals surface area contributed by atoms with Crippen LogP contribution >= 0.6 is 0 Å². The largest absolute Gasteiger partial charge is 0.494 e. The normalized spacial score (nSPS) is 10.5. The van der Waals surface area contributed by atoms with E-state index in [2.05, 4.69) is 113 Å². The first kappa shape index (κ1) is 85.9. The minimum Gasteiger partial charge on any atom is -0.494 e. The summed E-state index contributed by atoms with van der Waals surface area (Å²) in [4.78, 5) is 0. The molecule has 0 aliphatic rings. The van der Waals surface area contributed by atoms with Gasteiger partial charge in [0, 0.05) is 33.4 Å². The van der Waals surface area contributed by atoms with Crippen LogP contribution in [0, 0.1) is 71.0 Å². The van der Waals surface area contributed by atoms with Gasteiger partial charge in [-0.3, -0.25) is 0 Å². The minimum absolute atomic E-state index is 0.582. The highest BCUT2D eigenvalue weighted by Crippen LogP contribution is 2.30. The summed E-state index contributed by atoms with van der Waals surface area (Å²) in [6.45, 7) is 17.5. The van der Waals surface area contributed by atoms with E-state index in [9.17, 15) is 0 Å². The first-order valence-electron chi connectivity index (χ1n) is 42.1. The molecule has 6 heteroatoms. The summed E-state index contributed by atoms with van der Waals surface area (Å²) in [5.74, 6) is 48.8. The van der Waals surface area contributed by atoms with Gasteiger partial charge in [-0.15, -0.1) is 0 Å². The summed E-state index contributed by atoms with van der Waals surface area (Å²) in [6.07, 6.45) is 43.1. The van der Waals surface area contributed by atoms with Crippen LogP contribution < -0.4 is 28.4 Å². The van der Waals surface area contributed by atoms with E-state index in [4.69, 9.17) is 28.4 Å². The molecule has 0 aliphatic carbocycles. The molecule has 0 N–H and O–H groups in total. The van der Waals surface area contributed by atoms with E-state index in [1.165, 1.54) is 154 Å². The summed E-state index contributed by atoms with van der Waals surface area (Å²) in [5, 5.41) is 0. The molecule has 7 aromatic carbocycles. The third-order valence-corrected chi connectivity index (χ3v) is 19.2. The molecule has 0 saturated heterocycles. The molecule has 108 heavy (non-hydrogen) atoms. The molecule has 0 spiro atoms. The van der Waals surface area contributed by atoms with Crippen molar-refractivity contribution in [3.8, 4) is 106 Å². The first-order chi connectivity index (χ1) is 53.4. The van der Waals surface area contributed by atoms with Crippen molar-refractivity contribution in [3.63, 3.8) is 0 Å². The lowest BCUT2D eigenvalue weighted by atomic mass is 9.86. The fourth-order valence-electron chi connectivity index (χ4n) is 12.5. The fourth-order valence-corrected chi connectivity index (χ4v) is 12.5. The van der Waals surface area contributed by atoms with Crippen molar-refractivity contribution in [2.75, 3.05) is 39.6 Å². The van der Waals surface area contributed by atoms with Crippen molar-refractivity contribution in [2.45, 2.75) is 273 Å². The van der Waals surface area contributed by atoms with Gasteiger partial charge in [-0.05, 0) is 184 Å². The van der Waals surface area contributed by atoms with Gasteiger partial charge in [0.15, 0.2) is 0 Å². The average Bonchev–Trinajstić information content (AvgIpc) is 0.762. The number of unbranched alkanes of at least 4 members (excludes halogenated alkanes) is 30. The monoisotopic (exact) mass is 1450 g/mol. The Hall–Kier alpha value is -9.30. The van der Waals surface area contributed by atoms with E-state index >= 15 is 0 Å². The van der Waals surface area contributed by atoms with Crippen LogP contribution in [0.1, 0.15) is 339 Å². The predicted octanol–water partition coefficient (Wildman–Crippen LogP) is 26.5. The Balaban J connectivity index is 1.46. The van der Waals surface area contributed by atoms with E-state index in [0.717, 1.165) is 145 Å². The maximum Gasteiger partial charge on any atom is 0.119 e. The van der Waals surface area contributed by atoms with E-state index in [1.54, 1.807) is 0 Å². The van der Waals surface area contributed by atoms with Gasteiger partial charge in [0.05, 0.1) is 73.0 Å². The third kappa shape index (κ3) is 35.2.